The van der Waals surface area contributed by atoms with E-state index in [1.807, 2.05) is 24.8 Å². The molecule has 0 saturated heterocycles. The van der Waals surface area contributed by atoms with Crippen LogP contribution in [-0.2, 0) is 6.42 Å². The quantitative estimate of drug-likeness (QED) is 0.434. The van der Waals surface area contributed by atoms with Crippen molar-refractivity contribution < 1.29 is 9.32 Å². The summed E-state index contributed by atoms with van der Waals surface area (Å²) in [6, 6.07) is 7.92. The van der Waals surface area contributed by atoms with E-state index in [1.165, 1.54) is 5.56 Å². The fourth-order valence-electron chi connectivity index (χ4n) is 4.35. The number of amides is 1. The molecule has 0 fully saturated rings. The van der Waals surface area contributed by atoms with Gasteiger partial charge in [0, 0.05) is 30.6 Å². The van der Waals surface area contributed by atoms with Gasteiger partial charge in [-0.05, 0) is 59.8 Å². The lowest BCUT2D eigenvalue weighted by Crippen LogP contribution is -2.39. The third-order valence-corrected chi connectivity index (χ3v) is 6.21. The number of benzene rings is 1. The molecule has 30 heavy (non-hydrogen) atoms. The first kappa shape index (κ1) is 19.0. The van der Waals surface area contributed by atoms with Crippen molar-refractivity contribution in [1.29, 1.82) is 0 Å². The number of hydrogen-bond donors (Lipinski definition) is 0. The summed E-state index contributed by atoms with van der Waals surface area (Å²) in [5.74, 6) is 0.730. The summed E-state index contributed by atoms with van der Waals surface area (Å²) in [7, 11) is 0. The van der Waals surface area contributed by atoms with E-state index in [-0.39, 0.29) is 11.9 Å². The first-order valence-electron chi connectivity index (χ1n) is 9.81. The molecule has 8 heteroatoms. The molecule has 1 atom stereocenters. The van der Waals surface area contributed by atoms with Gasteiger partial charge in [-0.15, -0.1) is 0 Å². The normalized spacial score (nSPS) is 16.1. The summed E-state index contributed by atoms with van der Waals surface area (Å²) >= 11 is 3.39. The summed E-state index contributed by atoms with van der Waals surface area (Å²) < 4.78 is 7.82. The smallest absolute Gasteiger partial charge is 0.274 e. The van der Waals surface area contributed by atoms with Crippen molar-refractivity contribution in [3.63, 3.8) is 0 Å². The molecule has 4 heterocycles. The minimum atomic E-state index is -0.0856. The van der Waals surface area contributed by atoms with Gasteiger partial charge in [-0.2, -0.15) is 5.10 Å². The van der Waals surface area contributed by atoms with Crippen molar-refractivity contribution in [2.24, 2.45) is 0 Å². The summed E-state index contributed by atoms with van der Waals surface area (Å²) in [4.78, 5) is 19.5. The van der Waals surface area contributed by atoms with Gasteiger partial charge in [-0.25, -0.2) is 9.50 Å². The second-order valence-corrected chi connectivity index (χ2v) is 8.52. The monoisotopic (exact) mass is 465 g/mol. The van der Waals surface area contributed by atoms with Crippen LogP contribution in [0.4, 0.5) is 0 Å². The largest absolute Gasteiger partial charge is 0.361 e. The standard InChI is InChI=1S/C22H20BrN5O2/c1-12-21(14(3)30-26-12)18-6-4-5-16-13(2)27(8-7-17(16)18)22(29)19-9-20-24-10-15(23)11-28(20)25-19/h4-6,9-11,13H,7-8H2,1-3H3. The van der Waals surface area contributed by atoms with Gasteiger partial charge in [0.25, 0.3) is 5.91 Å². The number of hydrogen-bond acceptors (Lipinski definition) is 5. The van der Waals surface area contributed by atoms with E-state index in [9.17, 15) is 4.79 Å². The number of carbonyl (C=O) groups is 1. The van der Waals surface area contributed by atoms with E-state index in [1.54, 1.807) is 23.0 Å². The molecule has 1 aliphatic rings. The Hall–Kier alpha value is -3.00. The molecule has 1 unspecified atom stereocenters. The maximum atomic E-state index is 13.3. The van der Waals surface area contributed by atoms with E-state index >= 15 is 0 Å². The summed E-state index contributed by atoms with van der Waals surface area (Å²) in [5.41, 5.74) is 6.53. The molecule has 0 saturated carbocycles. The maximum Gasteiger partial charge on any atom is 0.274 e. The predicted molar refractivity (Wildman–Crippen MR) is 115 cm³/mol. The molecule has 7 nitrogen and oxygen atoms in total. The molecule has 1 aliphatic heterocycles. The number of aromatic nitrogens is 4. The van der Waals surface area contributed by atoms with Crippen LogP contribution >= 0.6 is 15.9 Å². The highest BCUT2D eigenvalue weighted by atomic mass is 79.9. The van der Waals surface area contributed by atoms with Crippen LogP contribution in [0.2, 0.25) is 0 Å². The second-order valence-electron chi connectivity index (χ2n) is 7.60. The van der Waals surface area contributed by atoms with E-state index < -0.39 is 0 Å². The molecule has 3 aromatic heterocycles. The molecule has 152 valence electrons. The zero-order valence-electron chi connectivity index (χ0n) is 16.9. The number of nitrogens with zero attached hydrogens (tertiary/aromatic N) is 5. The zero-order valence-corrected chi connectivity index (χ0v) is 18.5. The van der Waals surface area contributed by atoms with Gasteiger partial charge in [-0.1, -0.05) is 23.4 Å². The third kappa shape index (κ3) is 2.94. The molecule has 0 aliphatic carbocycles. The molecular weight excluding hydrogens is 446 g/mol. The lowest BCUT2D eigenvalue weighted by Gasteiger charge is -2.36. The Bertz CT molecular complexity index is 1270. The first-order chi connectivity index (χ1) is 14.4. The topological polar surface area (TPSA) is 76.5 Å². The average molecular weight is 466 g/mol. The highest BCUT2D eigenvalue weighted by Gasteiger charge is 2.31. The van der Waals surface area contributed by atoms with Crippen LogP contribution < -0.4 is 0 Å². The van der Waals surface area contributed by atoms with Crippen LogP contribution in [0.25, 0.3) is 16.8 Å². The van der Waals surface area contributed by atoms with Crippen LogP contribution in [0.3, 0.4) is 0 Å². The Morgan fingerprint density at radius 2 is 2.13 bits per heavy atom. The SMILES string of the molecule is Cc1noc(C)c1-c1cccc2c1CCN(C(=O)c1cc3ncc(Br)cn3n1)C2C. The Balaban J connectivity index is 1.51. The molecular formula is C22H20BrN5O2. The summed E-state index contributed by atoms with van der Waals surface area (Å²) in [6.45, 7) is 6.59. The third-order valence-electron chi connectivity index (χ3n) is 5.80. The van der Waals surface area contributed by atoms with E-state index in [0.29, 0.717) is 17.9 Å². The summed E-state index contributed by atoms with van der Waals surface area (Å²) in [6.07, 6.45) is 4.26. The van der Waals surface area contributed by atoms with Gasteiger partial charge >= 0.3 is 0 Å². The molecule has 0 N–H and O–H groups in total. The molecule has 5 rings (SSSR count). The van der Waals surface area contributed by atoms with Gasteiger partial charge in [0.15, 0.2) is 11.3 Å². The van der Waals surface area contributed by atoms with Gasteiger partial charge in [0.1, 0.15) is 5.76 Å². The number of aryl methyl sites for hydroxylation is 2. The maximum absolute atomic E-state index is 13.3. The van der Waals surface area contributed by atoms with Crippen molar-refractivity contribution in [2.75, 3.05) is 6.54 Å². The lowest BCUT2D eigenvalue weighted by molar-refractivity contribution is 0.0671. The number of fused-ring (bicyclic) bond motifs is 2. The Labute approximate surface area is 181 Å². The Kier molecular flexibility index (Phi) is 4.47. The fraction of sp³-hybridized carbons (Fsp3) is 0.273. The van der Waals surface area contributed by atoms with E-state index in [2.05, 4.69) is 50.2 Å². The van der Waals surface area contributed by atoms with Crippen molar-refractivity contribution in [1.82, 2.24) is 24.7 Å². The van der Waals surface area contributed by atoms with Crippen LogP contribution in [0.1, 0.15) is 46.0 Å². The highest BCUT2D eigenvalue weighted by Crippen LogP contribution is 2.38. The van der Waals surface area contributed by atoms with Crippen LogP contribution in [0, 0.1) is 13.8 Å². The lowest BCUT2D eigenvalue weighted by atomic mass is 9.86. The minimum absolute atomic E-state index is 0.0637. The van der Waals surface area contributed by atoms with Crippen molar-refractivity contribution in [3.05, 3.63) is 69.4 Å². The fourth-order valence-corrected chi connectivity index (χ4v) is 4.65. The van der Waals surface area contributed by atoms with Gasteiger partial charge < -0.3 is 9.42 Å². The predicted octanol–water partition coefficient (Wildman–Crippen LogP) is 4.52. The highest BCUT2D eigenvalue weighted by molar-refractivity contribution is 9.10. The van der Waals surface area contributed by atoms with Crippen LogP contribution in [-0.4, -0.2) is 37.1 Å². The minimum Gasteiger partial charge on any atom is -0.361 e. The van der Waals surface area contributed by atoms with Crippen molar-refractivity contribution >= 4 is 27.5 Å². The van der Waals surface area contributed by atoms with Crippen molar-refractivity contribution in [3.8, 4) is 11.1 Å². The molecule has 0 bridgehead atoms. The van der Waals surface area contributed by atoms with Crippen LogP contribution in [0.5, 0.6) is 0 Å². The van der Waals surface area contributed by atoms with Gasteiger partial charge in [-0.3, -0.25) is 4.79 Å². The Morgan fingerprint density at radius 3 is 2.90 bits per heavy atom. The van der Waals surface area contributed by atoms with Crippen LogP contribution in [0.15, 0.2) is 45.7 Å². The summed E-state index contributed by atoms with van der Waals surface area (Å²) in [5, 5.41) is 8.54. The molecule has 1 amide bonds. The molecule has 0 spiro atoms. The Morgan fingerprint density at radius 1 is 1.30 bits per heavy atom. The van der Waals surface area contributed by atoms with Crippen molar-refractivity contribution in [2.45, 2.75) is 33.2 Å². The average Bonchev–Trinajstić information content (AvgIpc) is 3.30. The zero-order chi connectivity index (χ0) is 21.0. The number of halogens is 1. The molecule has 1 aromatic carbocycles. The van der Waals surface area contributed by atoms with Gasteiger partial charge in [0.05, 0.1) is 16.2 Å². The first-order valence-corrected chi connectivity index (χ1v) is 10.6. The molecule has 4 aromatic rings. The second kappa shape index (κ2) is 7.05. The number of rotatable bonds is 2. The van der Waals surface area contributed by atoms with Gasteiger partial charge in [0.2, 0.25) is 0 Å². The van der Waals surface area contributed by atoms with E-state index in [0.717, 1.165) is 39.0 Å². The number of carbonyl (C=O) groups excluding carboxylic acids is 1. The van der Waals surface area contributed by atoms with E-state index in [4.69, 9.17) is 4.52 Å². The molecule has 0 radical (unpaired) electrons.